The third-order valence-corrected chi connectivity index (χ3v) is 2.52. The van der Waals surface area contributed by atoms with Crippen LogP contribution in [-0.4, -0.2) is 22.5 Å². The van der Waals surface area contributed by atoms with Crippen LogP contribution in [0.1, 0.15) is 24.6 Å². The first kappa shape index (κ1) is 13.1. The van der Waals surface area contributed by atoms with Gasteiger partial charge in [-0.3, -0.25) is 0 Å². The Labute approximate surface area is 112 Å². The lowest BCUT2D eigenvalue weighted by molar-refractivity contribution is 0.317. The molecule has 19 heavy (non-hydrogen) atoms. The minimum absolute atomic E-state index is 0.386. The second-order valence-electron chi connectivity index (χ2n) is 4.25. The number of rotatable bonds is 5. The molecule has 0 saturated carbocycles. The van der Waals surface area contributed by atoms with Crippen molar-refractivity contribution in [2.45, 2.75) is 20.3 Å². The monoisotopic (exact) mass is 258 g/mol. The van der Waals surface area contributed by atoms with Crippen molar-refractivity contribution in [3.8, 4) is 5.75 Å². The first-order valence-corrected chi connectivity index (χ1v) is 6.27. The van der Waals surface area contributed by atoms with E-state index in [2.05, 4.69) is 17.0 Å². The summed E-state index contributed by atoms with van der Waals surface area (Å²) in [7, 11) is 0. The van der Waals surface area contributed by atoms with Crippen LogP contribution in [0.25, 0.3) is 0 Å². The fraction of sp³-hybridized carbons (Fsp3) is 0.286. The average molecular weight is 258 g/mol. The van der Waals surface area contributed by atoms with Crippen LogP contribution >= 0.6 is 0 Å². The normalized spacial score (nSPS) is 11.1. The number of hydrogen-bond donors (Lipinski definition) is 1. The molecule has 0 bridgehead atoms. The van der Waals surface area contributed by atoms with Gasteiger partial charge in [0, 0.05) is 0 Å². The minimum atomic E-state index is 0.386. The van der Waals surface area contributed by atoms with Crippen molar-refractivity contribution in [2.24, 2.45) is 5.10 Å². The number of hydrogen-bond acceptors (Lipinski definition) is 4. The van der Waals surface area contributed by atoms with Crippen LogP contribution in [0.4, 0.5) is 5.95 Å². The molecule has 1 heterocycles. The topological polar surface area (TPSA) is 65.4 Å². The van der Waals surface area contributed by atoms with Crippen LogP contribution in [0.15, 0.2) is 35.6 Å². The number of aromatic nitrogens is 2. The van der Waals surface area contributed by atoms with E-state index in [0.29, 0.717) is 5.95 Å². The lowest BCUT2D eigenvalue weighted by atomic mass is 10.2. The summed E-state index contributed by atoms with van der Waals surface area (Å²) < 4.78 is 7.07. The number of anilines is 1. The number of nitrogen functional groups attached to an aromatic ring is 1. The van der Waals surface area contributed by atoms with Gasteiger partial charge in [-0.1, -0.05) is 6.92 Å². The van der Waals surface area contributed by atoms with Crippen molar-refractivity contribution in [2.75, 3.05) is 12.3 Å². The van der Waals surface area contributed by atoms with Crippen molar-refractivity contribution < 1.29 is 4.74 Å². The quantitative estimate of drug-likeness (QED) is 0.838. The maximum absolute atomic E-state index is 5.70. The zero-order valence-electron chi connectivity index (χ0n) is 11.2. The highest BCUT2D eigenvalue weighted by Gasteiger charge is 1.98. The van der Waals surface area contributed by atoms with Gasteiger partial charge in [-0.05, 0) is 43.2 Å². The molecule has 2 rings (SSSR count). The predicted molar refractivity (Wildman–Crippen MR) is 76.6 cm³/mol. The fourth-order valence-electron chi connectivity index (χ4n) is 1.60. The van der Waals surface area contributed by atoms with E-state index in [1.807, 2.05) is 31.2 Å². The standard InChI is InChI=1S/C14H18N4O/c1-3-8-19-13-6-4-12(5-7-13)9-16-18-10-11(2)17-14(18)15/h4-7,9-10H,3,8H2,1-2H3,(H2,15,17). The highest BCUT2D eigenvalue weighted by Crippen LogP contribution is 2.11. The van der Waals surface area contributed by atoms with E-state index in [1.54, 1.807) is 17.1 Å². The molecule has 0 atom stereocenters. The van der Waals surface area contributed by atoms with E-state index in [0.717, 1.165) is 30.0 Å². The molecule has 0 amide bonds. The van der Waals surface area contributed by atoms with E-state index in [9.17, 15) is 0 Å². The van der Waals surface area contributed by atoms with Crippen molar-refractivity contribution in [1.29, 1.82) is 0 Å². The van der Waals surface area contributed by atoms with Gasteiger partial charge in [0.2, 0.25) is 5.95 Å². The summed E-state index contributed by atoms with van der Waals surface area (Å²) in [5.41, 5.74) is 7.53. The van der Waals surface area contributed by atoms with Gasteiger partial charge in [-0.2, -0.15) is 5.10 Å². The highest BCUT2D eigenvalue weighted by molar-refractivity contribution is 5.79. The largest absolute Gasteiger partial charge is 0.494 e. The molecule has 100 valence electrons. The molecule has 2 aromatic rings. The Morgan fingerprint density at radius 2 is 2.11 bits per heavy atom. The van der Waals surface area contributed by atoms with E-state index < -0.39 is 0 Å². The first-order valence-electron chi connectivity index (χ1n) is 6.27. The Balaban J connectivity index is 2.05. The van der Waals surface area contributed by atoms with Crippen LogP contribution in [0.3, 0.4) is 0 Å². The molecular weight excluding hydrogens is 240 g/mol. The van der Waals surface area contributed by atoms with Crippen LogP contribution in [0.5, 0.6) is 5.75 Å². The molecule has 0 unspecified atom stereocenters. The van der Waals surface area contributed by atoms with E-state index in [-0.39, 0.29) is 0 Å². The summed E-state index contributed by atoms with van der Waals surface area (Å²) in [6.07, 6.45) is 4.52. The van der Waals surface area contributed by atoms with Crippen molar-refractivity contribution in [1.82, 2.24) is 9.66 Å². The SMILES string of the molecule is CCCOc1ccc(C=Nn2cc(C)nc2N)cc1. The predicted octanol–water partition coefficient (Wildman–Crippen LogP) is 2.44. The van der Waals surface area contributed by atoms with Gasteiger partial charge in [0.15, 0.2) is 0 Å². The lowest BCUT2D eigenvalue weighted by Gasteiger charge is -2.03. The number of aryl methyl sites for hydroxylation is 1. The Morgan fingerprint density at radius 3 is 2.68 bits per heavy atom. The maximum atomic E-state index is 5.70. The molecule has 0 aliphatic rings. The smallest absolute Gasteiger partial charge is 0.221 e. The Hall–Kier alpha value is -2.30. The van der Waals surface area contributed by atoms with Crippen LogP contribution < -0.4 is 10.5 Å². The third kappa shape index (κ3) is 3.58. The molecule has 1 aromatic carbocycles. The van der Waals surface area contributed by atoms with Crippen LogP contribution in [-0.2, 0) is 0 Å². The van der Waals surface area contributed by atoms with Crippen molar-refractivity contribution in [3.63, 3.8) is 0 Å². The minimum Gasteiger partial charge on any atom is -0.494 e. The van der Waals surface area contributed by atoms with Gasteiger partial charge >= 0.3 is 0 Å². The number of nitrogens with two attached hydrogens (primary N) is 1. The highest BCUT2D eigenvalue weighted by atomic mass is 16.5. The number of imidazole rings is 1. The van der Waals surface area contributed by atoms with Gasteiger partial charge in [0.05, 0.1) is 24.7 Å². The number of ether oxygens (including phenoxy) is 1. The Morgan fingerprint density at radius 1 is 1.37 bits per heavy atom. The van der Waals surface area contributed by atoms with Gasteiger partial charge in [-0.15, -0.1) is 0 Å². The summed E-state index contributed by atoms with van der Waals surface area (Å²) in [4.78, 5) is 4.08. The number of nitrogens with zero attached hydrogens (tertiary/aromatic N) is 3. The zero-order chi connectivity index (χ0) is 13.7. The second kappa shape index (κ2) is 6.04. The molecule has 0 radical (unpaired) electrons. The molecule has 2 N–H and O–H groups in total. The third-order valence-electron chi connectivity index (χ3n) is 2.52. The van der Waals surface area contributed by atoms with Gasteiger partial charge in [-0.25, -0.2) is 9.66 Å². The van der Waals surface area contributed by atoms with Crippen LogP contribution in [0, 0.1) is 6.92 Å². The molecule has 0 aliphatic carbocycles. The number of benzene rings is 1. The summed E-state index contributed by atoms with van der Waals surface area (Å²) in [5.74, 6) is 1.26. The summed E-state index contributed by atoms with van der Waals surface area (Å²) in [6, 6.07) is 7.77. The maximum Gasteiger partial charge on any atom is 0.221 e. The molecule has 1 aromatic heterocycles. The van der Waals surface area contributed by atoms with E-state index in [1.165, 1.54) is 0 Å². The summed E-state index contributed by atoms with van der Waals surface area (Å²) in [5, 5.41) is 4.25. The lowest BCUT2D eigenvalue weighted by Crippen LogP contribution is -1.97. The second-order valence-corrected chi connectivity index (χ2v) is 4.25. The molecule has 0 saturated heterocycles. The molecule has 0 spiro atoms. The molecule has 5 heteroatoms. The van der Waals surface area contributed by atoms with Gasteiger partial charge < -0.3 is 10.5 Å². The first-order chi connectivity index (χ1) is 9.19. The Bertz CT molecular complexity index is 557. The average Bonchev–Trinajstić information content (AvgIpc) is 2.73. The van der Waals surface area contributed by atoms with Crippen LogP contribution in [0.2, 0.25) is 0 Å². The van der Waals surface area contributed by atoms with Gasteiger partial charge in [0.25, 0.3) is 0 Å². The molecule has 0 fully saturated rings. The Kier molecular flexibility index (Phi) is 4.18. The molecule has 0 aliphatic heterocycles. The molecule has 5 nitrogen and oxygen atoms in total. The van der Waals surface area contributed by atoms with Gasteiger partial charge in [0.1, 0.15) is 5.75 Å². The molecular formula is C14H18N4O. The zero-order valence-corrected chi connectivity index (χ0v) is 11.2. The summed E-state index contributed by atoms with van der Waals surface area (Å²) >= 11 is 0. The van der Waals surface area contributed by atoms with E-state index >= 15 is 0 Å². The van der Waals surface area contributed by atoms with Crippen molar-refractivity contribution in [3.05, 3.63) is 41.7 Å². The van der Waals surface area contributed by atoms with Crippen molar-refractivity contribution >= 4 is 12.2 Å². The van der Waals surface area contributed by atoms with E-state index in [4.69, 9.17) is 10.5 Å². The fourth-order valence-corrected chi connectivity index (χ4v) is 1.60. The summed E-state index contributed by atoms with van der Waals surface area (Å²) in [6.45, 7) is 4.69.